The maximum Gasteiger partial charge on any atom is 0.417 e. The van der Waals surface area contributed by atoms with E-state index < -0.39 is 23.4 Å². The predicted octanol–water partition coefficient (Wildman–Crippen LogP) is 7.62. The first-order valence-corrected chi connectivity index (χ1v) is 13.2. The van der Waals surface area contributed by atoms with Gasteiger partial charge in [-0.15, -0.1) is 0 Å². The second kappa shape index (κ2) is 11.9. The number of ether oxygens (including phenoxy) is 2. The normalized spacial score (nSPS) is 19.3. The van der Waals surface area contributed by atoms with Crippen LogP contribution in [0, 0.1) is 11.6 Å². The Morgan fingerprint density at radius 2 is 1.90 bits per heavy atom. The zero-order valence-electron chi connectivity index (χ0n) is 22.6. The summed E-state index contributed by atoms with van der Waals surface area (Å²) in [6.07, 6.45) is 2.66. The van der Waals surface area contributed by atoms with Crippen LogP contribution >= 0.6 is 0 Å². The number of halogens is 5. The highest BCUT2D eigenvalue weighted by Gasteiger charge is 2.35. The minimum atomic E-state index is -4.54. The summed E-state index contributed by atoms with van der Waals surface area (Å²) in [4.78, 5) is 13.4. The van der Waals surface area contributed by atoms with Gasteiger partial charge in [0.25, 0.3) is 0 Å². The van der Waals surface area contributed by atoms with Gasteiger partial charge >= 0.3 is 6.18 Å². The summed E-state index contributed by atoms with van der Waals surface area (Å²) in [7, 11) is 1.44. The van der Waals surface area contributed by atoms with Gasteiger partial charge in [-0.3, -0.25) is 4.99 Å². The predicted molar refractivity (Wildman–Crippen MR) is 148 cm³/mol. The van der Waals surface area contributed by atoms with Crippen molar-refractivity contribution in [1.29, 1.82) is 0 Å². The lowest BCUT2D eigenvalue weighted by atomic mass is 9.92. The number of allylic oxidation sites excluding steroid dienone is 4. The summed E-state index contributed by atoms with van der Waals surface area (Å²) in [5.74, 6) is -1.37. The van der Waals surface area contributed by atoms with Crippen LogP contribution < -0.4 is 0 Å². The van der Waals surface area contributed by atoms with Crippen molar-refractivity contribution in [2.45, 2.75) is 51.4 Å². The van der Waals surface area contributed by atoms with E-state index in [9.17, 15) is 22.0 Å². The fraction of sp³-hybridized carbons (Fsp3) is 0.323. The molecule has 0 aliphatic carbocycles. The third-order valence-electron chi connectivity index (χ3n) is 7.11. The molecule has 214 valence electrons. The summed E-state index contributed by atoms with van der Waals surface area (Å²) in [6, 6.07) is 7.88. The van der Waals surface area contributed by atoms with Crippen molar-refractivity contribution in [1.82, 2.24) is 0 Å². The minimum absolute atomic E-state index is 0.0322. The van der Waals surface area contributed by atoms with Crippen molar-refractivity contribution in [3.63, 3.8) is 0 Å². The average molecular weight is 570 g/mol. The van der Waals surface area contributed by atoms with E-state index in [0.29, 0.717) is 60.6 Å². The average Bonchev–Trinajstić information content (AvgIpc) is 3.21. The van der Waals surface area contributed by atoms with Crippen LogP contribution in [0.5, 0.6) is 0 Å². The summed E-state index contributed by atoms with van der Waals surface area (Å²) < 4.78 is 81.3. The molecule has 1 unspecified atom stereocenters. The van der Waals surface area contributed by atoms with Crippen LogP contribution in [0.25, 0.3) is 5.57 Å². The molecule has 3 aliphatic heterocycles. The lowest BCUT2D eigenvalue weighted by molar-refractivity contribution is -0.137. The van der Waals surface area contributed by atoms with Gasteiger partial charge < -0.3 is 9.47 Å². The Morgan fingerprint density at radius 3 is 2.68 bits per heavy atom. The number of fused-ring (bicyclic) bond motifs is 1. The SMILES string of the molecule is COCc1ccc(C2=C(C)CCOC(CC3CCC=C4N=C(c5cccc(F)c5F)N=C4C=N3)=C2)c(C(F)(F)F)c1. The van der Waals surface area contributed by atoms with E-state index in [0.717, 1.165) is 17.7 Å². The highest BCUT2D eigenvalue weighted by molar-refractivity contribution is 6.43. The first-order chi connectivity index (χ1) is 19.6. The number of nitrogens with zero attached hydrogens (tertiary/aromatic N) is 3. The van der Waals surface area contributed by atoms with E-state index >= 15 is 0 Å². The van der Waals surface area contributed by atoms with Crippen molar-refractivity contribution in [2.24, 2.45) is 15.0 Å². The van der Waals surface area contributed by atoms with Gasteiger partial charge in [0, 0.05) is 26.2 Å². The highest BCUT2D eigenvalue weighted by Crippen LogP contribution is 2.39. The molecule has 0 bridgehead atoms. The van der Waals surface area contributed by atoms with Crippen LogP contribution in [-0.4, -0.2) is 37.5 Å². The molecule has 0 saturated heterocycles. The molecule has 0 N–H and O–H groups in total. The lowest BCUT2D eigenvalue weighted by Gasteiger charge is -2.18. The largest absolute Gasteiger partial charge is 0.498 e. The molecular formula is C31H28F5N3O2. The summed E-state index contributed by atoms with van der Waals surface area (Å²) in [5, 5.41) is 0. The fourth-order valence-electron chi connectivity index (χ4n) is 5.00. The molecule has 0 spiro atoms. The Kier molecular flexibility index (Phi) is 8.30. The van der Waals surface area contributed by atoms with E-state index in [2.05, 4.69) is 15.0 Å². The second-order valence-electron chi connectivity index (χ2n) is 10.1. The Balaban J connectivity index is 1.40. The Bertz CT molecular complexity index is 1530. The second-order valence-corrected chi connectivity index (χ2v) is 10.1. The Hall–Kier alpha value is -3.92. The van der Waals surface area contributed by atoms with Gasteiger partial charge in [-0.2, -0.15) is 13.2 Å². The molecule has 41 heavy (non-hydrogen) atoms. The number of hydrogen-bond acceptors (Lipinski definition) is 5. The fourth-order valence-corrected chi connectivity index (χ4v) is 5.00. The van der Waals surface area contributed by atoms with Gasteiger partial charge in [-0.05, 0) is 60.7 Å². The minimum Gasteiger partial charge on any atom is -0.498 e. The van der Waals surface area contributed by atoms with Gasteiger partial charge in [-0.25, -0.2) is 18.8 Å². The number of alkyl halides is 3. The molecule has 10 heteroatoms. The van der Waals surface area contributed by atoms with Crippen LogP contribution in [0.3, 0.4) is 0 Å². The maximum absolute atomic E-state index is 14.3. The molecule has 5 nitrogen and oxygen atoms in total. The molecule has 5 rings (SSSR count). The van der Waals surface area contributed by atoms with Crippen molar-refractivity contribution >= 4 is 23.3 Å². The molecular weight excluding hydrogens is 541 g/mol. The molecule has 0 saturated carbocycles. The zero-order chi connectivity index (χ0) is 29.1. The van der Waals surface area contributed by atoms with Gasteiger partial charge in [0.05, 0.1) is 41.8 Å². The molecule has 0 radical (unpaired) electrons. The molecule has 3 heterocycles. The monoisotopic (exact) mass is 569 g/mol. The molecule has 3 aliphatic rings. The Labute approximate surface area is 234 Å². The number of hydrogen-bond donors (Lipinski definition) is 0. The number of aliphatic imine (C=N–C) groups is 3. The van der Waals surface area contributed by atoms with Crippen LogP contribution in [0.1, 0.15) is 54.9 Å². The van der Waals surface area contributed by atoms with Crippen molar-refractivity contribution < 1.29 is 31.4 Å². The molecule has 0 fully saturated rings. The van der Waals surface area contributed by atoms with Crippen LogP contribution in [0.4, 0.5) is 22.0 Å². The van der Waals surface area contributed by atoms with Gasteiger partial charge in [-0.1, -0.05) is 29.8 Å². The van der Waals surface area contributed by atoms with E-state index in [1.165, 1.54) is 25.3 Å². The molecule has 0 amide bonds. The quantitative estimate of drug-likeness (QED) is 0.336. The van der Waals surface area contributed by atoms with Crippen molar-refractivity contribution in [2.75, 3.05) is 13.7 Å². The Morgan fingerprint density at radius 1 is 1.07 bits per heavy atom. The standard InChI is InChI=1S/C31H28F5N3O2/c1-18-11-12-41-21(15-24(18)22-10-9-19(17-40-2)13-25(22)31(34,35)36)14-20-5-3-8-27-28(16-37-20)39-30(38-27)23-6-4-7-26(32)29(23)33/h4,6-10,13,15-16,20H,3,5,11-12,14,17H2,1-2H3. The molecule has 2 aromatic carbocycles. The molecule has 1 atom stereocenters. The van der Waals surface area contributed by atoms with Gasteiger partial charge in [0.1, 0.15) is 5.71 Å². The van der Waals surface area contributed by atoms with Crippen molar-refractivity contribution in [3.05, 3.63) is 99.5 Å². The zero-order valence-corrected chi connectivity index (χ0v) is 22.6. The van der Waals surface area contributed by atoms with Gasteiger partial charge in [0.15, 0.2) is 17.5 Å². The number of rotatable bonds is 6. The third kappa shape index (κ3) is 6.37. The van der Waals surface area contributed by atoms with Crippen LogP contribution in [-0.2, 0) is 22.3 Å². The van der Waals surface area contributed by atoms with Crippen LogP contribution in [0.15, 0.2) is 80.6 Å². The van der Waals surface area contributed by atoms with Crippen molar-refractivity contribution in [3.8, 4) is 0 Å². The lowest BCUT2D eigenvalue weighted by Crippen LogP contribution is -2.13. The van der Waals surface area contributed by atoms with E-state index in [1.54, 1.807) is 18.4 Å². The van der Waals surface area contributed by atoms with E-state index in [4.69, 9.17) is 9.47 Å². The van der Waals surface area contributed by atoms with E-state index in [1.807, 2.05) is 13.0 Å². The number of amidine groups is 1. The number of benzene rings is 2. The summed E-state index contributed by atoms with van der Waals surface area (Å²) in [5.41, 5.74) is 2.05. The summed E-state index contributed by atoms with van der Waals surface area (Å²) in [6.45, 7) is 2.24. The topological polar surface area (TPSA) is 55.5 Å². The first-order valence-electron chi connectivity index (χ1n) is 13.2. The molecule has 2 aromatic rings. The number of methoxy groups -OCH3 is 1. The maximum atomic E-state index is 14.3. The van der Waals surface area contributed by atoms with E-state index in [-0.39, 0.29) is 29.6 Å². The third-order valence-corrected chi connectivity index (χ3v) is 7.11. The first kappa shape index (κ1) is 28.6. The highest BCUT2D eigenvalue weighted by atomic mass is 19.4. The molecule has 0 aromatic heterocycles. The van der Waals surface area contributed by atoms with Gasteiger partial charge in [0.2, 0.25) is 0 Å². The van der Waals surface area contributed by atoms with Crippen LogP contribution in [0.2, 0.25) is 0 Å². The summed E-state index contributed by atoms with van der Waals surface area (Å²) >= 11 is 0. The smallest absolute Gasteiger partial charge is 0.417 e.